The second-order valence-electron chi connectivity index (χ2n) is 12.5. The third-order valence-corrected chi connectivity index (χ3v) is 9.83. The van der Waals surface area contributed by atoms with Gasteiger partial charge in [0, 0.05) is 51.4 Å². The summed E-state index contributed by atoms with van der Waals surface area (Å²) in [5.41, 5.74) is 4.41. The first kappa shape index (κ1) is 40.1. The van der Waals surface area contributed by atoms with Crippen LogP contribution < -0.4 is 10.7 Å². The van der Waals surface area contributed by atoms with Crippen molar-refractivity contribution in [1.82, 2.24) is 25.0 Å². The van der Waals surface area contributed by atoms with Crippen LogP contribution in [0.15, 0.2) is 77.7 Å². The van der Waals surface area contributed by atoms with E-state index in [2.05, 4.69) is 10.7 Å². The van der Waals surface area contributed by atoms with Gasteiger partial charge in [0.1, 0.15) is 5.75 Å². The van der Waals surface area contributed by atoms with E-state index in [0.29, 0.717) is 44.5 Å². The van der Waals surface area contributed by atoms with Crippen LogP contribution in [-0.4, -0.2) is 103 Å². The molecule has 2 unspecified atom stereocenters. The van der Waals surface area contributed by atoms with Crippen molar-refractivity contribution >= 4 is 27.7 Å². The quantitative estimate of drug-likeness (QED) is 0.138. The molecule has 0 saturated heterocycles. The molecule has 0 fully saturated rings. The van der Waals surface area contributed by atoms with E-state index >= 15 is 0 Å². The minimum atomic E-state index is -4.03. The predicted octanol–water partition coefficient (Wildman–Crippen LogP) is 3.59. The molecule has 50 heavy (non-hydrogen) atoms. The number of carbonyl (C=O) groups excluding carboxylic acids is 3. The summed E-state index contributed by atoms with van der Waals surface area (Å²) < 4.78 is 27.5. The van der Waals surface area contributed by atoms with Crippen molar-refractivity contribution < 1.29 is 33.0 Å². The van der Waals surface area contributed by atoms with Crippen LogP contribution >= 0.6 is 0 Å². The molecule has 3 aromatic carbocycles. The Morgan fingerprint density at radius 3 is 1.98 bits per heavy atom. The highest BCUT2D eigenvalue weighted by atomic mass is 32.2. The Balaban J connectivity index is 1.96. The summed E-state index contributed by atoms with van der Waals surface area (Å²) in [6, 6.07) is 18.6. The molecule has 3 rings (SSSR count). The summed E-state index contributed by atoms with van der Waals surface area (Å²) >= 11 is 0. The smallest absolute Gasteiger partial charge is 0.253 e. The van der Waals surface area contributed by atoms with Gasteiger partial charge in [0.05, 0.1) is 23.5 Å². The molecule has 3 amide bonds. The first-order valence-electron chi connectivity index (χ1n) is 17.0. The maximum Gasteiger partial charge on any atom is 0.253 e. The van der Waals surface area contributed by atoms with Crippen molar-refractivity contribution in [2.45, 2.75) is 69.9 Å². The molecule has 0 spiro atoms. The van der Waals surface area contributed by atoms with E-state index in [1.807, 2.05) is 51.1 Å². The Morgan fingerprint density at radius 2 is 1.40 bits per heavy atom. The first-order valence-corrected chi connectivity index (χ1v) is 18.4. The summed E-state index contributed by atoms with van der Waals surface area (Å²) in [5, 5.41) is 25.9. The van der Waals surface area contributed by atoms with Crippen LogP contribution in [0.4, 0.5) is 0 Å². The molecule has 0 saturated carbocycles. The fourth-order valence-electron chi connectivity index (χ4n) is 5.48. The van der Waals surface area contributed by atoms with Gasteiger partial charge in [-0.1, -0.05) is 63.2 Å². The van der Waals surface area contributed by atoms with Crippen molar-refractivity contribution in [3.63, 3.8) is 0 Å². The number of phenols is 1. The number of nitrogens with one attached hydrogen (secondary N) is 2. The third-order valence-electron chi connectivity index (χ3n) is 8.03. The molecular weight excluding hydrogens is 659 g/mol. The van der Waals surface area contributed by atoms with Crippen LogP contribution in [0, 0.1) is 0 Å². The Hall–Kier alpha value is -4.30. The number of aliphatic hydroxyl groups is 1. The number of hydrazine groups is 1. The normalized spacial score (nSPS) is 12.8. The molecule has 2 atom stereocenters. The van der Waals surface area contributed by atoms with Gasteiger partial charge < -0.3 is 20.4 Å². The van der Waals surface area contributed by atoms with E-state index in [0.717, 1.165) is 9.87 Å². The Morgan fingerprint density at radius 1 is 0.800 bits per heavy atom. The summed E-state index contributed by atoms with van der Waals surface area (Å²) in [6.07, 6.45) is 1.17. The molecule has 3 aromatic rings. The molecule has 272 valence electrons. The molecule has 12 nitrogen and oxygen atoms in total. The van der Waals surface area contributed by atoms with E-state index in [9.17, 15) is 33.0 Å². The fraction of sp³-hybridized carbons (Fsp3) is 0.432. The number of nitrogens with zero attached hydrogens (tertiary/aromatic N) is 3. The molecule has 13 heteroatoms. The van der Waals surface area contributed by atoms with Gasteiger partial charge in [0.15, 0.2) is 0 Å². The molecule has 0 radical (unpaired) electrons. The van der Waals surface area contributed by atoms with Gasteiger partial charge in [-0.3, -0.25) is 19.8 Å². The minimum Gasteiger partial charge on any atom is -0.508 e. The first-order chi connectivity index (χ1) is 23.8. The lowest BCUT2D eigenvalue weighted by atomic mass is 9.99. The van der Waals surface area contributed by atoms with Crippen LogP contribution in [0.25, 0.3) is 0 Å². The molecule has 0 aliphatic heterocycles. The van der Waals surface area contributed by atoms with Gasteiger partial charge in [-0.05, 0) is 67.1 Å². The average Bonchev–Trinajstić information content (AvgIpc) is 3.08. The van der Waals surface area contributed by atoms with E-state index in [-0.39, 0.29) is 53.0 Å². The number of carbonyl (C=O) groups is 3. The standard InChI is InChI=1S/C37H51N5O7S/c1-6-18-41(19-7-2)37(47)30-23-29(24-32(25-30)50(48,49)40(4)5)36(46)38-33(21-28-14-16-31(43)17-15-28)34(44)26-42(20-8-3)39-35(45)22-27-12-10-9-11-13-27/h9-17,23-25,33-34,43-44H,6-8,18-22,26H2,1-5H3,(H,38,46)(H,39,45). The van der Waals surface area contributed by atoms with Crippen molar-refractivity contribution in [3.05, 3.63) is 95.1 Å². The van der Waals surface area contributed by atoms with Crippen molar-refractivity contribution in [3.8, 4) is 5.75 Å². The number of rotatable bonds is 19. The summed E-state index contributed by atoms with van der Waals surface area (Å²) in [5.74, 6) is -1.28. The minimum absolute atomic E-state index is 0.0286. The summed E-state index contributed by atoms with van der Waals surface area (Å²) in [7, 11) is -1.29. The van der Waals surface area contributed by atoms with E-state index < -0.39 is 28.1 Å². The largest absolute Gasteiger partial charge is 0.508 e. The molecule has 0 aliphatic rings. The maximum absolute atomic E-state index is 14.0. The number of aromatic hydroxyl groups is 1. The van der Waals surface area contributed by atoms with Crippen LogP contribution in [0.2, 0.25) is 0 Å². The number of amides is 3. The number of phenolic OH excluding ortho intramolecular Hbond substituents is 1. The average molecular weight is 710 g/mol. The van der Waals surface area contributed by atoms with Gasteiger partial charge in [0.2, 0.25) is 15.9 Å². The van der Waals surface area contributed by atoms with E-state index in [1.54, 1.807) is 22.0 Å². The van der Waals surface area contributed by atoms with Crippen LogP contribution in [0.3, 0.4) is 0 Å². The van der Waals surface area contributed by atoms with Crippen LogP contribution in [0.1, 0.15) is 71.9 Å². The van der Waals surface area contributed by atoms with Crippen molar-refractivity contribution in [2.75, 3.05) is 40.3 Å². The zero-order valence-corrected chi connectivity index (χ0v) is 30.4. The lowest BCUT2D eigenvalue weighted by Gasteiger charge is -2.30. The lowest BCUT2D eigenvalue weighted by molar-refractivity contribution is -0.126. The predicted molar refractivity (Wildman–Crippen MR) is 193 cm³/mol. The van der Waals surface area contributed by atoms with Gasteiger partial charge in [-0.25, -0.2) is 17.7 Å². The zero-order valence-electron chi connectivity index (χ0n) is 29.6. The summed E-state index contributed by atoms with van der Waals surface area (Å²) in [4.78, 5) is 41.9. The highest BCUT2D eigenvalue weighted by Crippen LogP contribution is 2.21. The number of hydrogen-bond acceptors (Lipinski definition) is 8. The van der Waals surface area contributed by atoms with E-state index in [4.69, 9.17) is 0 Å². The van der Waals surface area contributed by atoms with Crippen molar-refractivity contribution in [1.29, 1.82) is 0 Å². The molecular formula is C37H51N5O7S. The maximum atomic E-state index is 14.0. The van der Waals surface area contributed by atoms with Gasteiger partial charge in [-0.15, -0.1) is 0 Å². The molecule has 0 heterocycles. The fourth-order valence-corrected chi connectivity index (χ4v) is 6.46. The van der Waals surface area contributed by atoms with Gasteiger partial charge in [0.25, 0.3) is 11.8 Å². The molecule has 0 aromatic heterocycles. The highest BCUT2D eigenvalue weighted by molar-refractivity contribution is 7.89. The summed E-state index contributed by atoms with van der Waals surface area (Å²) in [6.45, 7) is 7.16. The number of sulfonamides is 1. The van der Waals surface area contributed by atoms with Crippen LogP contribution in [-0.2, 0) is 27.7 Å². The molecule has 4 N–H and O–H groups in total. The molecule has 0 bridgehead atoms. The van der Waals surface area contributed by atoms with Gasteiger partial charge >= 0.3 is 0 Å². The second kappa shape index (κ2) is 19.2. The van der Waals surface area contributed by atoms with E-state index in [1.165, 1.54) is 44.4 Å². The van der Waals surface area contributed by atoms with Crippen molar-refractivity contribution in [2.24, 2.45) is 0 Å². The number of benzene rings is 3. The number of aliphatic hydroxyl groups excluding tert-OH is 1. The third kappa shape index (κ3) is 11.7. The van der Waals surface area contributed by atoms with Crippen LogP contribution in [0.5, 0.6) is 5.75 Å². The SMILES string of the molecule is CCCN(CC(O)C(Cc1ccc(O)cc1)NC(=O)c1cc(C(=O)N(CCC)CCC)cc(S(=O)(=O)N(C)C)c1)NC(=O)Cc1ccccc1. The Kier molecular flexibility index (Phi) is 15.4. The molecule has 0 aliphatic carbocycles. The number of hydrogen-bond donors (Lipinski definition) is 4. The second-order valence-corrected chi connectivity index (χ2v) is 14.6. The van der Waals surface area contributed by atoms with Gasteiger partial charge in [-0.2, -0.15) is 0 Å². The zero-order chi connectivity index (χ0) is 36.8. The topological polar surface area (TPSA) is 160 Å². The monoisotopic (exact) mass is 709 g/mol. The lowest BCUT2D eigenvalue weighted by Crippen LogP contribution is -2.53. The Bertz CT molecular complexity index is 1660. The Labute approximate surface area is 296 Å². The highest BCUT2D eigenvalue weighted by Gasteiger charge is 2.28.